The fraction of sp³-hybridized carbons (Fsp3) is 0.222. The maximum atomic E-state index is 12.1. The molecule has 1 heterocycles. The molecule has 0 unspecified atom stereocenters. The van der Waals surface area contributed by atoms with E-state index < -0.39 is 12.1 Å². The molecule has 0 bridgehead atoms. The molecule has 0 aromatic heterocycles. The van der Waals surface area contributed by atoms with Gasteiger partial charge in [0.1, 0.15) is 11.8 Å². The van der Waals surface area contributed by atoms with E-state index in [1.54, 1.807) is 19.2 Å². The Hall–Kier alpha value is -2.82. The van der Waals surface area contributed by atoms with E-state index in [2.05, 4.69) is 5.32 Å². The molecule has 23 heavy (non-hydrogen) atoms. The third kappa shape index (κ3) is 3.04. The highest BCUT2D eigenvalue weighted by Gasteiger charge is 2.41. The zero-order chi connectivity index (χ0) is 16.4. The Balaban J connectivity index is 1.66. The van der Waals surface area contributed by atoms with Crippen LogP contribution in [-0.4, -0.2) is 36.0 Å². The van der Waals surface area contributed by atoms with Crippen LogP contribution in [0.1, 0.15) is 6.92 Å². The van der Waals surface area contributed by atoms with Crippen molar-refractivity contribution in [3.63, 3.8) is 0 Å². The SMILES string of the molecule is C[C@H]1NC(=O)[C@H]1N(C)C(=O)Oc1ccc(-c2ccccc2)cc1. The van der Waals surface area contributed by atoms with Crippen LogP contribution in [0, 0.1) is 0 Å². The van der Waals surface area contributed by atoms with Crippen molar-refractivity contribution in [3.8, 4) is 16.9 Å². The first kappa shape index (κ1) is 15.1. The van der Waals surface area contributed by atoms with Crippen molar-refractivity contribution in [3.05, 3.63) is 54.6 Å². The predicted molar refractivity (Wildman–Crippen MR) is 87.1 cm³/mol. The van der Waals surface area contributed by atoms with Crippen molar-refractivity contribution in [2.75, 3.05) is 7.05 Å². The minimum atomic E-state index is -0.538. The molecule has 2 amide bonds. The second-order valence-corrected chi connectivity index (χ2v) is 5.61. The first-order valence-electron chi connectivity index (χ1n) is 7.47. The maximum absolute atomic E-state index is 12.1. The number of rotatable bonds is 3. The van der Waals surface area contributed by atoms with Crippen molar-refractivity contribution in [2.24, 2.45) is 0 Å². The van der Waals surface area contributed by atoms with Gasteiger partial charge in [-0.3, -0.25) is 9.69 Å². The number of nitrogens with one attached hydrogen (secondary N) is 1. The van der Waals surface area contributed by atoms with E-state index in [0.717, 1.165) is 11.1 Å². The summed E-state index contributed by atoms with van der Waals surface area (Å²) >= 11 is 0. The zero-order valence-corrected chi connectivity index (χ0v) is 13.0. The Bertz CT molecular complexity index is 713. The second-order valence-electron chi connectivity index (χ2n) is 5.61. The third-order valence-corrected chi connectivity index (χ3v) is 3.98. The van der Waals surface area contributed by atoms with E-state index in [1.807, 2.05) is 49.4 Å². The first-order chi connectivity index (χ1) is 11.1. The highest BCUT2D eigenvalue weighted by atomic mass is 16.6. The summed E-state index contributed by atoms with van der Waals surface area (Å²) in [6.07, 6.45) is -0.538. The fourth-order valence-electron chi connectivity index (χ4n) is 2.66. The van der Waals surface area contributed by atoms with Crippen molar-refractivity contribution in [1.29, 1.82) is 0 Å². The molecule has 0 saturated carbocycles. The lowest BCUT2D eigenvalue weighted by molar-refractivity contribution is -0.134. The molecule has 1 saturated heterocycles. The molecule has 118 valence electrons. The lowest BCUT2D eigenvalue weighted by Gasteiger charge is -2.39. The number of nitrogens with zero attached hydrogens (tertiary/aromatic N) is 1. The molecule has 0 radical (unpaired) electrons. The van der Waals surface area contributed by atoms with Gasteiger partial charge >= 0.3 is 6.09 Å². The van der Waals surface area contributed by atoms with Gasteiger partial charge in [-0.05, 0) is 30.2 Å². The van der Waals surface area contributed by atoms with E-state index in [9.17, 15) is 9.59 Å². The number of hydrogen-bond donors (Lipinski definition) is 1. The van der Waals surface area contributed by atoms with Crippen molar-refractivity contribution < 1.29 is 14.3 Å². The van der Waals surface area contributed by atoms with Gasteiger partial charge < -0.3 is 10.1 Å². The molecule has 1 aliphatic rings. The number of β-lactam (4-membered cyclic amide) rings is 1. The monoisotopic (exact) mass is 310 g/mol. The second kappa shape index (κ2) is 6.12. The molecule has 1 fully saturated rings. The molecule has 0 spiro atoms. The van der Waals surface area contributed by atoms with Crippen molar-refractivity contribution in [1.82, 2.24) is 10.2 Å². The van der Waals surface area contributed by atoms with Gasteiger partial charge in [-0.25, -0.2) is 4.79 Å². The summed E-state index contributed by atoms with van der Waals surface area (Å²) in [6, 6.07) is 16.7. The Labute approximate surface area is 134 Å². The number of ether oxygens (including phenoxy) is 1. The molecular formula is C18H18N2O3. The van der Waals surface area contributed by atoms with Crippen LogP contribution < -0.4 is 10.1 Å². The van der Waals surface area contributed by atoms with Crippen LogP contribution in [0.4, 0.5) is 4.79 Å². The average molecular weight is 310 g/mol. The molecule has 2 aromatic carbocycles. The molecule has 5 heteroatoms. The minimum Gasteiger partial charge on any atom is -0.410 e. The number of hydrogen-bond acceptors (Lipinski definition) is 3. The number of carbonyl (C=O) groups is 2. The number of benzene rings is 2. The predicted octanol–water partition coefficient (Wildman–Crippen LogP) is 2.67. The summed E-state index contributed by atoms with van der Waals surface area (Å²) in [7, 11) is 1.57. The summed E-state index contributed by atoms with van der Waals surface area (Å²) in [4.78, 5) is 24.9. The molecule has 1 N–H and O–H groups in total. The standard InChI is InChI=1S/C18H18N2O3/c1-12-16(17(21)19-12)20(2)18(22)23-15-10-8-14(9-11-15)13-6-4-3-5-7-13/h3-12,16H,1-2H3,(H,19,21)/t12-,16+/m1/s1. The zero-order valence-electron chi connectivity index (χ0n) is 13.0. The van der Waals surface area contributed by atoms with Crippen LogP contribution in [0.2, 0.25) is 0 Å². The molecular weight excluding hydrogens is 292 g/mol. The third-order valence-electron chi connectivity index (χ3n) is 3.98. The van der Waals surface area contributed by atoms with Crippen LogP contribution in [-0.2, 0) is 4.79 Å². The van der Waals surface area contributed by atoms with Gasteiger partial charge in [0.15, 0.2) is 0 Å². The quantitative estimate of drug-likeness (QED) is 0.887. The summed E-state index contributed by atoms with van der Waals surface area (Å²) < 4.78 is 5.33. The summed E-state index contributed by atoms with van der Waals surface area (Å²) in [5.74, 6) is 0.297. The summed E-state index contributed by atoms with van der Waals surface area (Å²) in [5.41, 5.74) is 2.15. The van der Waals surface area contributed by atoms with Gasteiger partial charge in [-0.1, -0.05) is 42.5 Å². The highest BCUT2D eigenvalue weighted by Crippen LogP contribution is 2.23. The molecule has 1 aliphatic heterocycles. The highest BCUT2D eigenvalue weighted by molar-refractivity contribution is 5.92. The molecule has 0 aliphatic carbocycles. The number of likely N-dealkylation sites (N-methyl/N-ethyl adjacent to an activating group) is 1. The van der Waals surface area contributed by atoms with Gasteiger partial charge in [-0.15, -0.1) is 0 Å². The largest absolute Gasteiger partial charge is 0.415 e. The lowest BCUT2D eigenvalue weighted by atomic mass is 10.0. The molecule has 2 atom stereocenters. The van der Waals surface area contributed by atoms with Crippen LogP contribution in [0.3, 0.4) is 0 Å². The van der Waals surface area contributed by atoms with Crippen LogP contribution in [0.15, 0.2) is 54.6 Å². The fourth-order valence-corrected chi connectivity index (χ4v) is 2.66. The van der Waals surface area contributed by atoms with E-state index in [4.69, 9.17) is 4.74 Å². The van der Waals surface area contributed by atoms with Gasteiger partial charge in [0.25, 0.3) is 0 Å². The van der Waals surface area contributed by atoms with E-state index >= 15 is 0 Å². The van der Waals surface area contributed by atoms with Gasteiger partial charge in [-0.2, -0.15) is 0 Å². The van der Waals surface area contributed by atoms with Crippen LogP contribution >= 0.6 is 0 Å². The Morgan fingerprint density at radius 1 is 1.04 bits per heavy atom. The Morgan fingerprint density at radius 3 is 2.22 bits per heavy atom. The molecule has 2 aromatic rings. The van der Waals surface area contributed by atoms with Gasteiger partial charge in [0, 0.05) is 7.05 Å². The summed E-state index contributed by atoms with van der Waals surface area (Å²) in [5, 5.41) is 2.69. The average Bonchev–Trinajstić information content (AvgIpc) is 2.56. The topological polar surface area (TPSA) is 58.6 Å². The summed E-state index contributed by atoms with van der Waals surface area (Å²) in [6.45, 7) is 1.85. The van der Waals surface area contributed by atoms with E-state index in [-0.39, 0.29) is 11.9 Å². The van der Waals surface area contributed by atoms with Crippen LogP contribution in [0.25, 0.3) is 11.1 Å². The number of amides is 2. The van der Waals surface area contributed by atoms with Crippen molar-refractivity contribution >= 4 is 12.0 Å². The molecule has 3 rings (SSSR count). The minimum absolute atomic E-state index is 0.0551. The van der Waals surface area contributed by atoms with Crippen LogP contribution in [0.5, 0.6) is 5.75 Å². The molecule has 5 nitrogen and oxygen atoms in total. The van der Waals surface area contributed by atoms with Gasteiger partial charge in [0.2, 0.25) is 5.91 Å². The first-order valence-corrected chi connectivity index (χ1v) is 7.47. The van der Waals surface area contributed by atoms with E-state index in [0.29, 0.717) is 5.75 Å². The lowest BCUT2D eigenvalue weighted by Crippen LogP contribution is -2.68. The Morgan fingerprint density at radius 2 is 1.65 bits per heavy atom. The maximum Gasteiger partial charge on any atom is 0.415 e. The van der Waals surface area contributed by atoms with E-state index in [1.165, 1.54) is 4.90 Å². The number of carbonyl (C=O) groups excluding carboxylic acids is 2. The van der Waals surface area contributed by atoms with Crippen molar-refractivity contribution in [2.45, 2.75) is 19.0 Å². The smallest absolute Gasteiger partial charge is 0.410 e. The normalized spacial score (nSPS) is 19.5. The Kier molecular flexibility index (Phi) is 4.02. The van der Waals surface area contributed by atoms with Gasteiger partial charge in [0.05, 0.1) is 6.04 Å².